The molecule has 1 saturated carbocycles. The molecule has 0 bridgehead atoms. The first-order chi connectivity index (χ1) is 11.2. The van der Waals surface area contributed by atoms with Crippen LogP contribution in [0.1, 0.15) is 44.2 Å². The van der Waals surface area contributed by atoms with Crippen molar-refractivity contribution in [1.82, 2.24) is 15.2 Å². The van der Waals surface area contributed by atoms with Crippen molar-refractivity contribution in [3.8, 4) is 0 Å². The van der Waals surface area contributed by atoms with Gasteiger partial charge in [-0.2, -0.15) is 0 Å². The van der Waals surface area contributed by atoms with E-state index in [0.29, 0.717) is 11.6 Å². The Morgan fingerprint density at radius 1 is 1.30 bits per heavy atom. The molecule has 6 heteroatoms. The summed E-state index contributed by atoms with van der Waals surface area (Å²) in [7, 11) is 0. The number of thioether (sulfide) groups is 1. The molecule has 23 heavy (non-hydrogen) atoms. The second-order valence-corrected chi connectivity index (χ2v) is 7.32. The van der Waals surface area contributed by atoms with Crippen LogP contribution >= 0.6 is 11.8 Å². The van der Waals surface area contributed by atoms with E-state index in [9.17, 15) is 9.59 Å². The van der Waals surface area contributed by atoms with E-state index in [2.05, 4.69) is 10.3 Å². The van der Waals surface area contributed by atoms with E-state index in [4.69, 9.17) is 0 Å². The zero-order chi connectivity index (χ0) is 16.2. The summed E-state index contributed by atoms with van der Waals surface area (Å²) in [6.07, 6.45) is 7.66. The van der Waals surface area contributed by atoms with Crippen LogP contribution in [0.3, 0.4) is 0 Å². The lowest BCUT2D eigenvalue weighted by Gasteiger charge is -2.27. The lowest BCUT2D eigenvalue weighted by molar-refractivity contribution is -0.141. The standard InChI is InChI=1S/C17H23N3O2S/c1-12(13-6-8-18-9-7-13)19-16(21)15-10-23-11-20(15)17(22)14-4-2-3-5-14/h6-9,12,14-15H,2-5,10-11H2,1H3,(H,19,21)/t12-,15-/m0/s1. The van der Waals surface area contributed by atoms with Crippen LogP contribution in [0.25, 0.3) is 0 Å². The monoisotopic (exact) mass is 333 g/mol. The van der Waals surface area contributed by atoms with Crippen molar-refractivity contribution in [2.45, 2.75) is 44.7 Å². The highest BCUT2D eigenvalue weighted by Crippen LogP contribution is 2.31. The molecule has 1 aliphatic heterocycles. The van der Waals surface area contributed by atoms with Gasteiger partial charge in [0.15, 0.2) is 0 Å². The third-order valence-corrected chi connectivity index (χ3v) is 5.75. The average Bonchev–Trinajstić information content (AvgIpc) is 3.26. The first kappa shape index (κ1) is 16.3. The van der Waals surface area contributed by atoms with E-state index in [1.54, 1.807) is 29.1 Å². The number of carbonyl (C=O) groups excluding carboxylic acids is 2. The van der Waals surface area contributed by atoms with Gasteiger partial charge >= 0.3 is 0 Å². The maximum Gasteiger partial charge on any atom is 0.244 e. The van der Waals surface area contributed by atoms with Gasteiger partial charge in [-0.05, 0) is 37.5 Å². The number of hydrogen-bond acceptors (Lipinski definition) is 4. The van der Waals surface area contributed by atoms with Crippen molar-refractivity contribution in [3.63, 3.8) is 0 Å². The van der Waals surface area contributed by atoms with E-state index in [-0.39, 0.29) is 29.8 Å². The van der Waals surface area contributed by atoms with Gasteiger partial charge in [-0.25, -0.2) is 0 Å². The summed E-state index contributed by atoms with van der Waals surface area (Å²) in [5, 5.41) is 3.04. The molecule has 2 aliphatic rings. The van der Waals surface area contributed by atoms with Crippen LogP contribution < -0.4 is 5.32 Å². The molecule has 5 nitrogen and oxygen atoms in total. The van der Waals surface area contributed by atoms with Gasteiger partial charge in [0.2, 0.25) is 11.8 Å². The van der Waals surface area contributed by atoms with Crippen LogP contribution in [0.15, 0.2) is 24.5 Å². The topological polar surface area (TPSA) is 62.3 Å². The summed E-state index contributed by atoms with van der Waals surface area (Å²) >= 11 is 1.66. The third kappa shape index (κ3) is 3.68. The molecule has 1 aliphatic carbocycles. The summed E-state index contributed by atoms with van der Waals surface area (Å²) in [5.41, 5.74) is 1.02. The second-order valence-electron chi connectivity index (χ2n) is 6.32. The zero-order valence-corrected chi connectivity index (χ0v) is 14.2. The minimum atomic E-state index is -0.336. The van der Waals surface area contributed by atoms with Crippen molar-refractivity contribution in [3.05, 3.63) is 30.1 Å². The molecular formula is C17H23N3O2S. The van der Waals surface area contributed by atoms with E-state index in [1.165, 1.54) is 0 Å². The molecule has 3 rings (SSSR count). The van der Waals surface area contributed by atoms with Gasteiger partial charge in [0, 0.05) is 24.1 Å². The van der Waals surface area contributed by atoms with E-state index >= 15 is 0 Å². The number of carbonyl (C=O) groups is 2. The highest BCUT2D eigenvalue weighted by atomic mass is 32.2. The summed E-state index contributed by atoms with van der Waals surface area (Å²) in [6, 6.07) is 3.38. The number of nitrogens with zero attached hydrogens (tertiary/aromatic N) is 2. The van der Waals surface area contributed by atoms with Crippen LogP contribution in [0, 0.1) is 5.92 Å². The Kier molecular flexibility index (Phi) is 5.20. The Hall–Kier alpha value is -1.56. The van der Waals surface area contributed by atoms with Crippen LogP contribution in [-0.2, 0) is 9.59 Å². The third-order valence-electron chi connectivity index (χ3n) is 4.74. The second kappa shape index (κ2) is 7.34. The normalized spacial score (nSPS) is 23.0. The lowest BCUT2D eigenvalue weighted by atomic mass is 10.1. The van der Waals surface area contributed by atoms with E-state index in [0.717, 1.165) is 31.2 Å². The highest BCUT2D eigenvalue weighted by Gasteiger charge is 2.38. The maximum atomic E-state index is 12.6. The predicted octanol–water partition coefficient (Wildman–Crippen LogP) is 2.35. The van der Waals surface area contributed by atoms with Crippen LogP contribution in [-0.4, -0.2) is 39.4 Å². The Labute approximate surface area is 141 Å². The highest BCUT2D eigenvalue weighted by molar-refractivity contribution is 7.99. The van der Waals surface area contributed by atoms with Crippen LogP contribution in [0.4, 0.5) is 0 Å². The molecule has 1 N–H and O–H groups in total. The molecule has 1 aromatic heterocycles. The van der Waals surface area contributed by atoms with Crippen molar-refractivity contribution in [2.24, 2.45) is 5.92 Å². The van der Waals surface area contributed by atoms with E-state index in [1.807, 2.05) is 19.1 Å². The quantitative estimate of drug-likeness (QED) is 0.919. The van der Waals surface area contributed by atoms with Gasteiger partial charge in [-0.1, -0.05) is 12.8 Å². The average molecular weight is 333 g/mol. The summed E-state index contributed by atoms with van der Waals surface area (Å²) < 4.78 is 0. The van der Waals surface area contributed by atoms with Gasteiger partial charge in [0.25, 0.3) is 0 Å². The minimum Gasteiger partial charge on any atom is -0.348 e. The van der Waals surface area contributed by atoms with Gasteiger partial charge in [-0.15, -0.1) is 11.8 Å². The number of amides is 2. The SMILES string of the molecule is C[C@H](NC(=O)[C@@H]1CSCN1C(=O)C1CCCC1)c1ccncc1. The summed E-state index contributed by atoms with van der Waals surface area (Å²) in [4.78, 5) is 31.0. The number of aromatic nitrogens is 1. The van der Waals surface area contributed by atoms with Crippen molar-refractivity contribution in [2.75, 3.05) is 11.6 Å². The fourth-order valence-corrected chi connectivity index (χ4v) is 4.49. The van der Waals surface area contributed by atoms with Crippen LogP contribution in [0.2, 0.25) is 0 Å². The minimum absolute atomic E-state index is 0.0503. The van der Waals surface area contributed by atoms with E-state index < -0.39 is 0 Å². The fraction of sp³-hybridized carbons (Fsp3) is 0.588. The molecule has 0 aromatic carbocycles. The van der Waals surface area contributed by atoms with Crippen molar-refractivity contribution >= 4 is 23.6 Å². The largest absolute Gasteiger partial charge is 0.348 e. The molecular weight excluding hydrogens is 310 g/mol. The molecule has 0 spiro atoms. The Balaban J connectivity index is 1.62. The molecule has 0 radical (unpaired) electrons. The first-order valence-corrected chi connectivity index (χ1v) is 9.41. The lowest BCUT2D eigenvalue weighted by Crippen LogP contribution is -2.49. The zero-order valence-electron chi connectivity index (χ0n) is 13.4. The van der Waals surface area contributed by atoms with Gasteiger partial charge in [-0.3, -0.25) is 14.6 Å². The molecule has 2 fully saturated rings. The number of nitrogens with one attached hydrogen (secondary N) is 1. The maximum absolute atomic E-state index is 12.6. The molecule has 2 amide bonds. The van der Waals surface area contributed by atoms with Gasteiger partial charge < -0.3 is 10.2 Å². The first-order valence-electron chi connectivity index (χ1n) is 8.25. The molecule has 0 unspecified atom stereocenters. The molecule has 2 heterocycles. The van der Waals surface area contributed by atoms with Crippen molar-refractivity contribution in [1.29, 1.82) is 0 Å². The smallest absolute Gasteiger partial charge is 0.244 e. The summed E-state index contributed by atoms with van der Waals surface area (Å²) in [6.45, 7) is 1.96. The van der Waals surface area contributed by atoms with Crippen LogP contribution in [0.5, 0.6) is 0 Å². The fourth-order valence-electron chi connectivity index (χ4n) is 3.33. The van der Waals surface area contributed by atoms with Gasteiger partial charge in [0.05, 0.1) is 11.9 Å². The summed E-state index contributed by atoms with van der Waals surface area (Å²) in [5.74, 6) is 1.57. The number of rotatable bonds is 4. The Bertz CT molecular complexity index is 560. The molecule has 2 atom stereocenters. The number of pyridine rings is 1. The van der Waals surface area contributed by atoms with Crippen molar-refractivity contribution < 1.29 is 9.59 Å². The predicted molar refractivity (Wildman–Crippen MR) is 90.7 cm³/mol. The molecule has 1 aromatic rings. The van der Waals surface area contributed by atoms with Gasteiger partial charge in [0.1, 0.15) is 6.04 Å². The molecule has 124 valence electrons. The Morgan fingerprint density at radius 2 is 2.00 bits per heavy atom. The Morgan fingerprint density at radius 3 is 2.70 bits per heavy atom. The molecule has 1 saturated heterocycles. The number of hydrogen-bond donors (Lipinski definition) is 1.